The Balaban J connectivity index is 1.05. The number of benzene rings is 14. The quantitative estimate of drug-likeness (QED) is 0.135. The number of rotatable bonds is 9. The minimum atomic E-state index is -0.670. The maximum absolute atomic E-state index is 11.7. The van der Waals surface area contributed by atoms with E-state index in [9.17, 15) is 16.2 Å². The molecule has 0 unspecified atom stereocenters. The fraction of sp³-hybridized carbons (Fsp3) is 0.124. The van der Waals surface area contributed by atoms with E-state index >= 15 is 0 Å². The van der Waals surface area contributed by atoms with Crippen molar-refractivity contribution in [2.24, 2.45) is 0 Å². The summed E-state index contributed by atoms with van der Waals surface area (Å²) in [5, 5.41) is 13.6. The second kappa shape index (κ2) is 24.0. The van der Waals surface area contributed by atoms with Crippen LogP contribution in [-0.4, -0.2) is 15.8 Å². The fourth-order valence-electron chi connectivity index (χ4n) is 15.7. The van der Waals surface area contributed by atoms with Crippen LogP contribution in [0.2, 0.25) is 0 Å². The molecule has 2 aliphatic heterocycles. The number of aromatic nitrogens is 2. The lowest BCUT2D eigenvalue weighted by atomic mass is 9.33. The summed E-state index contributed by atoms with van der Waals surface area (Å²) in [6.45, 7) is 19.3. The molecule has 103 heavy (non-hydrogen) atoms. The van der Waals surface area contributed by atoms with Crippen molar-refractivity contribution >= 4 is 101 Å². The number of nitrogens with zero attached hydrogens (tertiary/aromatic N) is 5. The van der Waals surface area contributed by atoms with Gasteiger partial charge in [0.05, 0.1) is 57.2 Å². The zero-order valence-corrected chi connectivity index (χ0v) is 58.8. The molecule has 0 bridgehead atoms. The van der Waals surface area contributed by atoms with E-state index in [1.54, 1.807) is 10.6 Å². The van der Waals surface area contributed by atoms with Crippen LogP contribution in [0.1, 0.15) is 102 Å². The van der Waals surface area contributed by atoms with Crippen LogP contribution in [0.5, 0.6) is 0 Å². The van der Waals surface area contributed by atoms with Crippen LogP contribution in [0.4, 0.5) is 34.1 Å². The van der Waals surface area contributed by atoms with E-state index in [1.165, 1.54) is 0 Å². The summed E-state index contributed by atoms with van der Waals surface area (Å²) < 4.78 is 125. The second-order valence-electron chi connectivity index (χ2n) is 30.3. The fourth-order valence-corrected chi connectivity index (χ4v) is 15.7. The largest absolute Gasteiger partial charge is 0.311 e. The molecule has 0 saturated heterocycles. The first-order chi connectivity index (χ1) is 55.3. The molecule has 4 heterocycles. The van der Waals surface area contributed by atoms with Crippen LogP contribution in [0.25, 0.3) is 111 Å². The van der Waals surface area contributed by atoms with Gasteiger partial charge < -0.3 is 18.9 Å². The molecule has 6 heteroatoms. The van der Waals surface area contributed by atoms with Gasteiger partial charge in [0.1, 0.15) is 0 Å². The number of hydrogen-bond donors (Lipinski definition) is 0. The van der Waals surface area contributed by atoms with Gasteiger partial charge in [0.25, 0.3) is 6.71 Å². The van der Waals surface area contributed by atoms with Crippen LogP contribution in [-0.2, 0) is 16.2 Å². The van der Waals surface area contributed by atoms with Crippen LogP contribution in [0.15, 0.2) is 309 Å². The first-order valence-electron chi connectivity index (χ1n) is 41.6. The molecule has 0 fully saturated rings. The highest BCUT2D eigenvalue weighted by Crippen LogP contribution is 2.54. The molecule has 0 N–H and O–H groups in total. The molecule has 494 valence electrons. The van der Waals surface area contributed by atoms with E-state index < -0.39 is 78.6 Å². The lowest BCUT2D eigenvalue weighted by Gasteiger charge is -2.45. The van der Waals surface area contributed by atoms with Crippen molar-refractivity contribution in [2.45, 2.75) is 78.6 Å². The van der Waals surface area contributed by atoms with E-state index in [1.807, 2.05) is 103 Å². The lowest BCUT2D eigenvalue weighted by Crippen LogP contribution is -2.61. The van der Waals surface area contributed by atoms with Gasteiger partial charge in [-0.25, -0.2) is 0 Å². The highest BCUT2D eigenvalue weighted by molar-refractivity contribution is 7.00. The van der Waals surface area contributed by atoms with Gasteiger partial charge in [-0.1, -0.05) is 280 Å². The third-order valence-corrected chi connectivity index (χ3v) is 20.8. The predicted molar refractivity (Wildman–Crippen MR) is 437 cm³/mol. The summed E-state index contributed by atoms with van der Waals surface area (Å²) >= 11 is 0. The highest BCUT2D eigenvalue weighted by Gasteiger charge is 2.46. The van der Waals surface area contributed by atoms with Gasteiger partial charge >= 0.3 is 0 Å². The molecular weight excluding hydrogens is 1250 g/mol. The Bertz CT molecular complexity index is 6730. The normalized spacial score (nSPS) is 14.6. The molecule has 0 spiro atoms. The van der Waals surface area contributed by atoms with Crippen molar-refractivity contribution in [2.75, 3.05) is 9.80 Å². The van der Waals surface area contributed by atoms with Gasteiger partial charge in [0, 0.05) is 72.5 Å². The molecule has 0 aliphatic carbocycles. The Morgan fingerprint density at radius 3 is 1.36 bits per heavy atom. The second-order valence-corrected chi connectivity index (χ2v) is 30.3. The average molecular weight is 1340 g/mol. The number of fused-ring (bicyclic) bond motifs is 10. The van der Waals surface area contributed by atoms with Gasteiger partial charge in [-0.15, -0.1) is 0 Å². The average Bonchev–Trinajstić information content (AvgIpc) is 1.03. The van der Waals surface area contributed by atoms with Gasteiger partial charge in [-0.2, -0.15) is 5.26 Å². The van der Waals surface area contributed by atoms with Crippen LogP contribution >= 0.6 is 0 Å². The topological polar surface area (TPSA) is 40.1 Å². The standard InChI is InChI=1S/C97H78BN5/c1-95(2,3)71-51-69(52-72(56-71)96(4,5)6)68-44-46-83-89(53-68)102(76-49-62(61-99)48-75(59-76)101-87-42-25-21-38-79(87)80-39-22-26-43-88(80)101)91-54-70(67-35-27-34-66(50-67)63-28-13-10-14-29-63)55-92-93(91)98(83)84-47-45-74(100-85-40-23-19-36-77(85)78-37-20-24-41-86(78)100)60-90(84)103(92)94-81(64-30-15-11-16-31-64)57-73(97(7,8)9)58-82(94)65-32-17-12-18-33-65/h10-60H,1-9H3/i10D,13D,14D,19D,20D,23D,24D,28D,29D,36D,37D,40D,41D. The van der Waals surface area contributed by atoms with E-state index in [-0.39, 0.29) is 50.3 Å². The third kappa shape index (κ3) is 10.6. The van der Waals surface area contributed by atoms with Crippen LogP contribution in [0.3, 0.4) is 0 Å². The minimum absolute atomic E-state index is 0.0261. The maximum atomic E-state index is 11.7. The Morgan fingerprint density at radius 1 is 0.320 bits per heavy atom. The summed E-state index contributed by atoms with van der Waals surface area (Å²) in [7, 11) is 0. The monoisotopic (exact) mass is 1340 g/mol. The summed E-state index contributed by atoms with van der Waals surface area (Å²) in [4.78, 5) is 4.59. The van der Waals surface area contributed by atoms with Crippen molar-refractivity contribution in [1.29, 1.82) is 5.26 Å². The summed E-state index contributed by atoms with van der Waals surface area (Å²) in [5.74, 6) is 0. The molecule has 0 atom stereocenters. The molecule has 0 amide bonds. The molecule has 0 radical (unpaired) electrons. The van der Waals surface area contributed by atoms with Crippen molar-refractivity contribution in [1.82, 2.24) is 9.13 Å². The van der Waals surface area contributed by atoms with Gasteiger partial charge in [0.15, 0.2) is 0 Å². The summed E-state index contributed by atoms with van der Waals surface area (Å²) in [6, 6.07) is 75.4. The molecule has 2 aromatic heterocycles. The summed E-state index contributed by atoms with van der Waals surface area (Å²) in [5.41, 5.74) is 19.4. The SMILES string of the molecule is [2H]c1c([2H])c([2H])c(-c2cccc(-c3cc4c5c(c3)N(c3c(-c6ccccc6)cc(C(C)(C)C)cc3-c3ccccc3)c3cc(-n6c7c([2H])c([2H])c([2H])c([2H])c7c7c([2H])c([2H])c([2H])c([2H])c76)ccc3B5c3ccc(-c5cc(C(C)(C)C)cc(C(C)(C)C)c5)cc3N4c3cc(C#N)cc(-n4c5ccccc5c5ccccc54)c3)c2)c([2H])c1[2H]. The van der Waals surface area contributed by atoms with Crippen LogP contribution < -0.4 is 26.2 Å². The van der Waals surface area contributed by atoms with Gasteiger partial charge in [0.2, 0.25) is 0 Å². The number of anilines is 6. The molecule has 16 aromatic rings. The van der Waals surface area contributed by atoms with Crippen molar-refractivity contribution in [3.8, 4) is 73.1 Å². The Labute approximate surface area is 622 Å². The van der Waals surface area contributed by atoms with Crippen molar-refractivity contribution < 1.29 is 17.8 Å². The lowest BCUT2D eigenvalue weighted by molar-refractivity contribution is 0.569. The molecular formula is C97H78BN5. The number of hydrogen-bond acceptors (Lipinski definition) is 3. The maximum Gasteiger partial charge on any atom is 0.252 e. The highest BCUT2D eigenvalue weighted by atomic mass is 15.2. The van der Waals surface area contributed by atoms with Gasteiger partial charge in [-0.05, 0) is 185 Å². The smallest absolute Gasteiger partial charge is 0.252 e. The molecule has 2 aliphatic rings. The number of para-hydroxylation sites is 4. The molecule has 0 saturated carbocycles. The Kier molecular flexibility index (Phi) is 11.7. The van der Waals surface area contributed by atoms with Crippen LogP contribution in [0, 0.1) is 11.3 Å². The Morgan fingerprint density at radius 2 is 0.777 bits per heavy atom. The first-order valence-corrected chi connectivity index (χ1v) is 35.1. The van der Waals surface area contributed by atoms with Crippen molar-refractivity contribution in [3.05, 3.63) is 331 Å². The third-order valence-electron chi connectivity index (χ3n) is 20.8. The minimum Gasteiger partial charge on any atom is -0.311 e. The summed E-state index contributed by atoms with van der Waals surface area (Å²) in [6.07, 6.45) is 0. The van der Waals surface area contributed by atoms with E-state index in [0.717, 1.165) is 105 Å². The molecule has 5 nitrogen and oxygen atoms in total. The Hall–Kier alpha value is -12.2. The zero-order chi connectivity index (χ0) is 81.5. The molecule has 18 rings (SSSR count). The number of nitriles is 1. The zero-order valence-electron chi connectivity index (χ0n) is 71.8. The van der Waals surface area contributed by atoms with E-state index in [0.29, 0.717) is 50.7 Å². The van der Waals surface area contributed by atoms with Gasteiger partial charge in [-0.3, -0.25) is 0 Å². The predicted octanol–water partition coefficient (Wildman–Crippen LogP) is 24.1. The van der Waals surface area contributed by atoms with Crippen molar-refractivity contribution in [3.63, 3.8) is 0 Å². The first kappa shape index (κ1) is 50.2. The van der Waals surface area contributed by atoms with E-state index in [2.05, 4.69) is 204 Å². The molecule has 14 aromatic carbocycles. The van der Waals surface area contributed by atoms with E-state index in [4.69, 9.17) is 6.85 Å².